The molecule has 2 N–H and O–H groups in total. The van der Waals surface area contributed by atoms with E-state index < -0.39 is 5.97 Å². The minimum absolute atomic E-state index is 0.212. The Bertz CT molecular complexity index is 1020. The minimum atomic E-state index is -0.742. The highest BCUT2D eigenvalue weighted by molar-refractivity contribution is 5.76. The molecule has 1 aliphatic rings. The monoisotopic (exact) mass is 460 g/mol. The maximum absolute atomic E-state index is 12.3. The zero-order valence-electron chi connectivity index (χ0n) is 19.3. The van der Waals surface area contributed by atoms with Crippen molar-refractivity contribution in [3.63, 3.8) is 0 Å². The normalized spacial score (nSPS) is 13.1. The van der Waals surface area contributed by atoms with E-state index >= 15 is 0 Å². The number of carbonyl (C=O) groups is 2. The molecule has 0 bridgehead atoms. The molecule has 4 rings (SSSR count). The fourth-order valence-electron chi connectivity index (χ4n) is 3.83. The van der Waals surface area contributed by atoms with Gasteiger partial charge in [0.25, 0.3) is 0 Å². The van der Waals surface area contributed by atoms with E-state index in [1.165, 1.54) is 5.56 Å². The van der Waals surface area contributed by atoms with E-state index in [1.807, 2.05) is 65.6 Å². The summed E-state index contributed by atoms with van der Waals surface area (Å²) in [5.74, 6) is -0.225. The lowest BCUT2D eigenvalue weighted by molar-refractivity contribution is -0.137. The van der Waals surface area contributed by atoms with Crippen molar-refractivity contribution in [1.82, 2.24) is 4.90 Å². The van der Waals surface area contributed by atoms with Crippen LogP contribution in [-0.2, 0) is 22.4 Å². The number of benzene rings is 3. The average molecular weight is 461 g/mol. The SMILES string of the molecule is O=C(CCc1ccccc1)N1CCN(c2ccc(O)cc2)CC1.O=C(O)CCc1ccccc1. The summed E-state index contributed by atoms with van der Waals surface area (Å²) in [4.78, 5) is 26.7. The first-order chi connectivity index (χ1) is 16.5. The molecule has 0 unspecified atom stereocenters. The van der Waals surface area contributed by atoms with E-state index in [2.05, 4.69) is 17.0 Å². The Hall–Kier alpha value is -3.80. The molecule has 0 radical (unpaired) electrons. The largest absolute Gasteiger partial charge is 0.508 e. The molecule has 0 atom stereocenters. The fraction of sp³-hybridized carbons (Fsp3) is 0.286. The van der Waals surface area contributed by atoms with E-state index in [9.17, 15) is 14.7 Å². The van der Waals surface area contributed by atoms with Gasteiger partial charge in [0.2, 0.25) is 5.91 Å². The highest BCUT2D eigenvalue weighted by atomic mass is 16.4. The molecule has 0 aliphatic carbocycles. The van der Waals surface area contributed by atoms with Crippen molar-refractivity contribution < 1.29 is 19.8 Å². The molecule has 1 fully saturated rings. The highest BCUT2D eigenvalue weighted by Crippen LogP contribution is 2.20. The third kappa shape index (κ3) is 8.28. The lowest BCUT2D eigenvalue weighted by Gasteiger charge is -2.36. The van der Waals surface area contributed by atoms with Crippen LogP contribution in [0.5, 0.6) is 5.75 Å². The zero-order valence-corrected chi connectivity index (χ0v) is 19.3. The summed E-state index contributed by atoms with van der Waals surface area (Å²) >= 11 is 0. The number of carbonyl (C=O) groups excluding carboxylic acids is 1. The van der Waals surface area contributed by atoms with Gasteiger partial charge in [0, 0.05) is 44.7 Å². The van der Waals surface area contributed by atoms with Crippen LogP contribution in [0.1, 0.15) is 24.0 Å². The van der Waals surface area contributed by atoms with Crippen LogP contribution in [0.4, 0.5) is 5.69 Å². The van der Waals surface area contributed by atoms with Crippen LogP contribution in [0.2, 0.25) is 0 Å². The van der Waals surface area contributed by atoms with Crippen molar-refractivity contribution in [2.24, 2.45) is 0 Å². The summed E-state index contributed by atoms with van der Waals surface area (Å²) < 4.78 is 0. The van der Waals surface area contributed by atoms with Crippen LogP contribution in [0.25, 0.3) is 0 Å². The molecule has 0 aromatic heterocycles. The van der Waals surface area contributed by atoms with Crippen LogP contribution < -0.4 is 4.90 Å². The van der Waals surface area contributed by atoms with Crippen molar-refractivity contribution in [2.45, 2.75) is 25.7 Å². The van der Waals surface area contributed by atoms with Crippen LogP contribution in [0.15, 0.2) is 84.9 Å². The van der Waals surface area contributed by atoms with Gasteiger partial charge in [-0.05, 0) is 48.2 Å². The molecule has 3 aromatic carbocycles. The number of piperazine rings is 1. The highest BCUT2D eigenvalue weighted by Gasteiger charge is 2.21. The molecule has 178 valence electrons. The average Bonchev–Trinajstić information content (AvgIpc) is 2.88. The van der Waals surface area contributed by atoms with Gasteiger partial charge in [-0.3, -0.25) is 9.59 Å². The van der Waals surface area contributed by atoms with Crippen molar-refractivity contribution in [2.75, 3.05) is 31.1 Å². The van der Waals surface area contributed by atoms with Crippen LogP contribution in [-0.4, -0.2) is 53.2 Å². The molecule has 0 saturated carbocycles. The Morgan fingerprint density at radius 1 is 0.676 bits per heavy atom. The third-order valence-corrected chi connectivity index (χ3v) is 5.79. The van der Waals surface area contributed by atoms with Crippen LogP contribution >= 0.6 is 0 Å². The lowest BCUT2D eigenvalue weighted by Crippen LogP contribution is -2.48. The third-order valence-electron chi connectivity index (χ3n) is 5.79. The molecule has 6 heteroatoms. The summed E-state index contributed by atoms with van der Waals surface area (Å²) in [6, 6.07) is 27.0. The molecule has 1 heterocycles. The van der Waals surface area contributed by atoms with E-state index in [0.717, 1.165) is 43.9 Å². The number of nitrogens with zero attached hydrogens (tertiary/aromatic N) is 2. The first-order valence-corrected chi connectivity index (χ1v) is 11.6. The Morgan fingerprint density at radius 2 is 1.18 bits per heavy atom. The fourth-order valence-corrected chi connectivity index (χ4v) is 3.83. The van der Waals surface area contributed by atoms with Gasteiger partial charge in [0.1, 0.15) is 5.75 Å². The molecule has 3 aromatic rings. The molecule has 1 saturated heterocycles. The number of amides is 1. The number of hydrogen-bond donors (Lipinski definition) is 2. The standard InChI is InChI=1S/C19H22N2O2.C9H10O2/c22-18-9-7-17(8-10-18)20-12-14-21(15-13-20)19(23)11-6-16-4-2-1-3-5-16;10-9(11)7-6-8-4-2-1-3-5-8/h1-5,7-10,22H,6,11-15H2;1-5H,6-7H2,(H,10,11). The van der Waals surface area contributed by atoms with Crippen molar-refractivity contribution >= 4 is 17.6 Å². The molecule has 1 aliphatic heterocycles. The Balaban J connectivity index is 0.000000248. The van der Waals surface area contributed by atoms with Gasteiger partial charge in [0.15, 0.2) is 0 Å². The second kappa shape index (κ2) is 13.0. The number of aryl methyl sites for hydroxylation is 2. The Kier molecular flexibility index (Phi) is 9.52. The number of aromatic hydroxyl groups is 1. The number of aliphatic carboxylic acids is 1. The maximum Gasteiger partial charge on any atom is 0.303 e. The van der Waals surface area contributed by atoms with Crippen LogP contribution in [0, 0.1) is 0 Å². The molecule has 0 spiro atoms. The lowest BCUT2D eigenvalue weighted by atomic mass is 10.1. The van der Waals surface area contributed by atoms with Gasteiger partial charge >= 0.3 is 5.97 Å². The number of carboxylic acids is 1. The first kappa shape index (κ1) is 24.8. The number of carboxylic acid groups (broad SMARTS) is 1. The molecule has 6 nitrogen and oxygen atoms in total. The van der Waals surface area contributed by atoms with Crippen molar-refractivity contribution in [3.05, 3.63) is 96.1 Å². The molecule has 1 amide bonds. The second-order valence-corrected chi connectivity index (χ2v) is 8.25. The summed E-state index contributed by atoms with van der Waals surface area (Å²) in [7, 11) is 0. The molecular weight excluding hydrogens is 428 g/mol. The Labute approximate surface area is 201 Å². The number of anilines is 1. The van der Waals surface area contributed by atoms with Crippen molar-refractivity contribution in [3.8, 4) is 5.75 Å². The second-order valence-electron chi connectivity index (χ2n) is 8.25. The van der Waals surface area contributed by atoms with E-state index in [0.29, 0.717) is 12.8 Å². The van der Waals surface area contributed by atoms with Gasteiger partial charge < -0.3 is 20.0 Å². The number of rotatable bonds is 7. The number of phenolic OH excluding ortho intramolecular Hbond substituents is 1. The van der Waals surface area contributed by atoms with Crippen molar-refractivity contribution in [1.29, 1.82) is 0 Å². The van der Waals surface area contributed by atoms with Gasteiger partial charge in [0.05, 0.1) is 0 Å². The van der Waals surface area contributed by atoms with Gasteiger partial charge in [-0.15, -0.1) is 0 Å². The minimum Gasteiger partial charge on any atom is -0.508 e. The zero-order chi connectivity index (χ0) is 24.2. The predicted molar refractivity (Wildman–Crippen MR) is 134 cm³/mol. The maximum atomic E-state index is 12.3. The summed E-state index contributed by atoms with van der Waals surface area (Å²) in [5, 5.41) is 17.7. The summed E-state index contributed by atoms with van der Waals surface area (Å²) in [6.07, 6.45) is 2.21. The smallest absolute Gasteiger partial charge is 0.303 e. The van der Waals surface area contributed by atoms with E-state index in [1.54, 1.807) is 12.1 Å². The number of hydrogen-bond acceptors (Lipinski definition) is 4. The molecule has 34 heavy (non-hydrogen) atoms. The van der Waals surface area contributed by atoms with Gasteiger partial charge in [-0.1, -0.05) is 60.7 Å². The number of phenols is 1. The predicted octanol–water partition coefficient (Wildman–Crippen LogP) is 4.38. The van der Waals surface area contributed by atoms with Crippen LogP contribution in [0.3, 0.4) is 0 Å². The van der Waals surface area contributed by atoms with E-state index in [4.69, 9.17) is 5.11 Å². The van der Waals surface area contributed by atoms with Gasteiger partial charge in [-0.25, -0.2) is 0 Å². The van der Waals surface area contributed by atoms with E-state index in [-0.39, 0.29) is 18.1 Å². The molecular formula is C28H32N2O4. The topological polar surface area (TPSA) is 81.1 Å². The summed E-state index contributed by atoms with van der Waals surface area (Å²) in [6.45, 7) is 3.19. The quantitative estimate of drug-likeness (QED) is 0.547. The first-order valence-electron chi connectivity index (χ1n) is 11.6. The van der Waals surface area contributed by atoms with Gasteiger partial charge in [-0.2, -0.15) is 0 Å². The Morgan fingerprint density at radius 3 is 1.68 bits per heavy atom. The summed E-state index contributed by atoms with van der Waals surface area (Å²) in [5.41, 5.74) is 3.39.